The molecule has 0 heterocycles. The maximum atomic E-state index is 12.1. The molecule has 0 saturated heterocycles. The van der Waals surface area contributed by atoms with Gasteiger partial charge in [0.05, 0.1) is 19.1 Å². The van der Waals surface area contributed by atoms with Gasteiger partial charge >= 0.3 is 0 Å². The Hall–Kier alpha value is -2.00. The zero-order valence-electron chi connectivity index (χ0n) is 12.8. The van der Waals surface area contributed by atoms with Crippen LogP contribution in [0.15, 0.2) is 48.5 Å². The molecule has 1 atom stereocenters. The fraction of sp³-hybridized carbons (Fsp3) is 0.278. The van der Waals surface area contributed by atoms with Crippen LogP contribution >= 0.6 is 11.6 Å². The fourth-order valence-electron chi connectivity index (χ4n) is 2.18. The van der Waals surface area contributed by atoms with Crippen molar-refractivity contribution in [3.05, 3.63) is 64.7 Å². The lowest BCUT2D eigenvalue weighted by molar-refractivity contribution is -0.121. The van der Waals surface area contributed by atoms with Crippen molar-refractivity contribution < 1.29 is 9.53 Å². The number of hydrogen-bond acceptors (Lipinski definition) is 2. The number of hydrogen-bond donors (Lipinski definition) is 1. The second-order valence-corrected chi connectivity index (χ2v) is 5.53. The van der Waals surface area contributed by atoms with Gasteiger partial charge in [0.25, 0.3) is 0 Å². The van der Waals surface area contributed by atoms with Crippen LogP contribution in [0.3, 0.4) is 0 Å². The molecular formula is C18H20ClNO2. The van der Waals surface area contributed by atoms with Gasteiger partial charge in [-0.15, -0.1) is 0 Å². The highest BCUT2D eigenvalue weighted by Gasteiger charge is 2.10. The van der Waals surface area contributed by atoms with Crippen LogP contribution in [-0.2, 0) is 11.2 Å². The molecule has 3 nitrogen and oxygen atoms in total. The van der Waals surface area contributed by atoms with Gasteiger partial charge in [0.2, 0.25) is 5.91 Å². The van der Waals surface area contributed by atoms with Gasteiger partial charge in [-0.05, 0) is 49.2 Å². The van der Waals surface area contributed by atoms with Crippen molar-refractivity contribution in [2.24, 2.45) is 0 Å². The van der Waals surface area contributed by atoms with Gasteiger partial charge in [-0.1, -0.05) is 35.9 Å². The molecule has 0 bridgehead atoms. The maximum Gasteiger partial charge on any atom is 0.224 e. The van der Waals surface area contributed by atoms with E-state index < -0.39 is 0 Å². The van der Waals surface area contributed by atoms with Crippen molar-refractivity contribution in [3.8, 4) is 5.75 Å². The lowest BCUT2D eigenvalue weighted by Crippen LogP contribution is -2.28. The first-order chi connectivity index (χ1) is 10.6. The van der Waals surface area contributed by atoms with E-state index >= 15 is 0 Å². The summed E-state index contributed by atoms with van der Waals surface area (Å²) in [6, 6.07) is 15.0. The van der Waals surface area contributed by atoms with E-state index in [1.54, 1.807) is 12.1 Å². The van der Waals surface area contributed by atoms with Crippen molar-refractivity contribution in [1.29, 1.82) is 0 Å². The van der Waals surface area contributed by atoms with Crippen LogP contribution in [0.5, 0.6) is 5.75 Å². The number of carbonyl (C=O) groups excluding carboxylic acids is 1. The normalized spacial score (nSPS) is 11.8. The highest BCUT2D eigenvalue weighted by atomic mass is 35.5. The summed E-state index contributed by atoms with van der Waals surface area (Å²) in [6.07, 6.45) is 0.346. The van der Waals surface area contributed by atoms with Crippen LogP contribution in [0, 0.1) is 0 Å². The Bertz CT molecular complexity index is 608. The summed E-state index contributed by atoms with van der Waals surface area (Å²) in [7, 11) is 0. The zero-order valence-corrected chi connectivity index (χ0v) is 13.6. The molecule has 0 aliphatic rings. The Morgan fingerprint density at radius 2 is 1.77 bits per heavy atom. The standard InChI is InChI=1S/C18H20ClNO2/c1-3-22-17-10-6-15(7-11-17)13(2)20-18(21)12-14-4-8-16(19)9-5-14/h4-11,13H,3,12H2,1-2H3,(H,20,21). The second kappa shape index (κ2) is 7.85. The van der Waals surface area contributed by atoms with E-state index in [1.807, 2.05) is 50.2 Å². The van der Waals surface area contributed by atoms with Gasteiger partial charge in [0.1, 0.15) is 5.75 Å². The van der Waals surface area contributed by atoms with Crippen molar-refractivity contribution in [2.75, 3.05) is 6.61 Å². The Balaban J connectivity index is 1.91. The van der Waals surface area contributed by atoms with Gasteiger partial charge in [-0.25, -0.2) is 0 Å². The summed E-state index contributed by atoms with van der Waals surface area (Å²) in [5, 5.41) is 3.67. The third-order valence-electron chi connectivity index (χ3n) is 3.35. The molecule has 4 heteroatoms. The molecular weight excluding hydrogens is 298 g/mol. The van der Waals surface area contributed by atoms with Crippen molar-refractivity contribution in [1.82, 2.24) is 5.32 Å². The number of amides is 1. The van der Waals surface area contributed by atoms with E-state index in [4.69, 9.17) is 16.3 Å². The van der Waals surface area contributed by atoms with Gasteiger partial charge in [0.15, 0.2) is 0 Å². The van der Waals surface area contributed by atoms with E-state index in [1.165, 1.54) is 0 Å². The predicted molar refractivity (Wildman–Crippen MR) is 89.3 cm³/mol. The first kappa shape index (κ1) is 16.4. The number of benzene rings is 2. The second-order valence-electron chi connectivity index (χ2n) is 5.09. The maximum absolute atomic E-state index is 12.1. The van der Waals surface area contributed by atoms with Gasteiger partial charge in [-0.3, -0.25) is 4.79 Å². The highest BCUT2D eigenvalue weighted by molar-refractivity contribution is 6.30. The minimum atomic E-state index is -0.0459. The summed E-state index contributed by atoms with van der Waals surface area (Å²) in [5.74, 6) is 0.828. The van der Waals surface area contributed by atoms with Crippen LogP contribution in [0.2, 0.25) is 5.02 Å². The monoisotopic (exact) mass is 317 g/mol. The minimum Gasteiger partial charge on any atom is -0.494 e. The SMILES string of the molecule is CCOc1ccc(C(C)NC(=O)Cc2ccc(Cl)cc2)cc1. The molecule has 1 N–H and O–H groups in total. The Morgan fingerprint density at radius 1 is 1.14 bits per heavy atom. The van der Waals surface area contributed by atoms with Crippen LogP contribution < -0.4 is 10.1 Å². The molecule has 116 valence electrons. The zero-order chi connectivity index (χ0) is 15.9. The number of rotatable bonds is 6. The number of carbonyl (C=O) groups is 1. The molecule has 2 rings (SSSR count). The smallest absolute Gasteiger partial charge is 0.224 e. The highest BCUT2D eigenvalue weighted by Crippen LogP contribution is 2.18. The van der Waals surface area contributed by atoms with Gasteiger partial charge in [0, 0.05) is 5.02 Å². The molecule has 0 aliphatic heterocycles. The third kappa shape index (κ3) is 4.78. The molecule has 2 aromatic carbocycles. The predicted octanol–water partition coefficient (Wildman–Crippen LogP) is 4.16. The quantitative estimate of drug-likeness (QED) is 0.868. The summed E-state index contributed by atoms with van der Waals surface area (Å²) in [4.78, 5) is 12.1. The van der Waals surface area contributed by atoms with E-state index in [-0.39, 0.29) is 11.9 Å². The molecule has 0 radical (unpaired) electrons. The van der Waals surface area contributed by atoms with Gasteiger partial charge in [-0.2, -0.15) is 0 Å². The van der Waals surface area contributed by atoms with Crippen LogP contribution in [0.4, 0.5) is 0 Å². The summed E-state index contributed by atoms with van der Waals surface area (Å²) >= 11 is 5.84. The van der Waals surface area contributed by atoms with E-state index in [2.05, 4.69) is 5.32 Å². The summed E-state index contributed by atoms with van der Waals surface area (Å²) < 4.78 is 5.41. The topological polar surface area (TPSA) is 38.3 Å². The van der Waals surface area contributed by atoms with Crippen molar-refractivity contribution in [2.45, 2.75) is 26.3 Å². The van der Waals surface area contributed by atoms with E-state index in [9.17, 15) is 4.79 Å². The number of halogens is 1. The fourth-order valence-corrected chi connectivity index (χ4v) is 2.31. The Labute approximate surface area is 136 Å². The molecule has 0 aromatic heterocycles. The summed E-state index contributed by atoms with van der Waals surface area (Å²) in [5.41, 5.74) is 1.99. The Kier molecular flexibility index (Phi) is 5.84. The summed E-state index contributed by atoms with van der Waals surface area (Å²) in [6.45, 7) is 4.57. The number of ether oxygens (including phenoxy) is 1. The third-order valence-corrected chi connectivity index (χ3v) is 3.60. The lowest BCUT2D eigenvalue weighted by atomic mass is 10.1. The molecule has 0 spiro atoms. The van der Waals surface area contributed by atoms with Crippen molar-refractivity contribution >= 4 is 17.5 Å². The van der Waals surface area contributed by atoms with E-state index in [0.29, 0.717) is 18.1 Å². The average Bonchev–Trinajstić information content (AvgIpc) is 2.50. The molecule has 1 unspecified atom stereocenters. The molecule has 2 aromatic rings. The lowest BCUT2D eigenvalue weighted by Gasteiger charge is -2.15. The molecule has 0 aliphatic carbocycles. The van der Waals surface area contributed by atoms with E-state index in [0.717, 1.165) is 16.9 Å². The molecule has 22 heavy (non-hydrogen) atoms. The average molecular weight is 318 g/mol. The minimum absolute atomic E-state index is 0.0105. The number of nitrogens with one attached hydrogen (secondary N) is 1. The first-order valence-corrected chi connectivity index (χ1v) is 7.73. The van der Waals surface area contributed by atoms with Gasteiger partial charge < -0.3 is 10.1 Å². The first-order valence-electron chi connectivity index (χ1n) is 7.35. The molecule has 0 fully saturated rings. The molecule has 1 amide bonds. The van der Waals surface area contributed by atoms with Crippen LogP contribution in [-0.4, -0.2) is 12.5 Å². The van der Waals surface area contributed by atoms with Crippen LogP contribution in [0.25, 0.3) is 0 Å². The van der Waals surface area contributed by atoms with Crippen molar-refractivity contribution in [3.63, 3.8) is 0 Å². The van der Waals surface area contributed by atoms with Crippen LogP contribution in [0.1, 0.15) is 31.0 Å². The molecule has 0 saturated carbocycles. The largest absolute Gasteiger partial charge is 0.494 e. The Morgan fingerprint density at radius 3 is 2.36 bits per heavy atom.